The van der Waals surface area contributed by atoms with Gasteiger partial charge in [0.15, 0.2) is 0 Å². The fraction of sp³-hybridized carbons (Fsp3) is 0.423. The molecule has 0 saturated heterocycles. The molecule has 9 nitrogen and oxygen atoms in total. The highest BCUT2D eigenvalue weighted by atomic mass is 32.2. The monoisotopic (exact) mass is 519 g/mol. The van der Waals surface area contributed by atoms with E-state index in [2.05, 4.69) is 10.3 Å². The van der Waals surface area contributed by atoms with Crippen molar-refractivity contribution in [2.75, 3.05) is 20.8 Å². The van der Waals surface area contributed by atoms with Gasteiger partial charge in [0.25, 0.3) is 10.0 Å². The molecule has 0 bridgehead atoms. The molecule has 0 atom stereocenters. The summed E-state index contributed by atoms with van der Waals surface area (Å²) in [5.41, 5.74) is 4.09. The number of nitrogens with one attached hydrogen (secondary N) is 2. The van der Waals surface area contributed by atoms with E-state index in [0.717, 1.165) is 5.56 Å². The Kier molecular flexibility index (Phi) is 9.77. The highest BCUT2D eigenvalue weighted by molar-refractivity contribution is 7.89. The normalized spacial score (nSPS) is 12.3. The number of sulfonamides is 1. The summed E-state index contributed by atoms with van der Waals surface area (Å²) in [5, 5.41) is 0. The fourth-order valence-electron chi connectivity index (χ4n) is 3.11. The van der Waals surface area contributed by atoms with Gasteiger partial charge in [-0.25, -0.2) is 13.2 Å². The molecule has 36 heavy (non-hydrogen) atoms. The number of rotatable bonds is 10. The van der Waals surface area contributed by atoms with Gasteiger partial charge in [0, 0.05) is 24.2 Å². The summed E-state index contributed by atoms with van der Waals surface area (Å²) < 4.78 is 42.1. The first-order valence-electron chi connectivity index (χ1n) is 11.5. The van der Waals surface area contributed by atoms with Crippen LogP contribution < -0.4 is 19.7 Å². The van der Waals surface area contributed by atoms with Gasteiger partial charge in [-0.15, -0.1) is 4.83 Å². The maximum Gasteiger partial charge on any atom is 0.410 e. The van der Waals surface area contributed by atoms with Crippen molar-refractivity contribution in [3.8, 4) is 11.5 Å². The minimum absolute atomic E-state index is 0.112. The molecule has 0 heterocycles. The molecule has 0 radical (unpaired) electrons. The van der Waals surface area contributed by atoms with Gasteiger partial charge >= 0.3 is 6.09 Å². The number of nitrogens with zero attached hydrogens (tertiary/aromatic N) is 1. The van der Waals surface area contributed by atoms with Crippen LogP contribution in [-0.2, 0) is 14.8 Å². The van der Waals surface area contributed by atoms with Crippen molar-refractivity contribution in [3.63, 3.8) is 0 Å². The Morgan fingerprint density at radius 2 is 1.58 bits per heavy atom. The molecule has 0 fully saturated rings. The number of carbonyl (C=O) groups excluding carboxylic acids is 1. The van der Waals surface area contributed by atoms with Crippen LogP contribution in [0.2, 0.25) is 0 Å². The van der Waals surface area contributed by atoms with E-state index in [9.17, 15) is 13.2 Å². The molecule has 0 aromatic heterocycles. The zero-order chi connectivity index (χ0) is 27.1. The van der Waals surface area contributed by atoms with Crippen molar-refractivity contribution < 1.29 is 27.4 Å². The van der Waals surface area contributed by atoms with E-state index in [1.807, 2.05) is 20.8 Å². The van der Waals surface area contributed by atoms with Crippen molar-refractivity contribution in [2.24, 2.45) is 0 Å². The lowest BCUT2D eigenvalue weighted by molar-refractivity contribution is 0.0217. The Morgan fingerprint density at radius 3 is 2.06 bits per heavy atom. The molecule has 0 saturated carbocycles. The minimum Gasteiger partial charge on any atom is -0.497 e. The standard InChI is InChI=1S/C26H37N3O6S/c1-18(2)29(25(30)35-26(4,5)6)14-13-24(20-15-21(33-7)17-22(16-20)34-8)27-28-36(31,32)23-11-9-19(3)10-12-23/h9-13,15-18,27-28H,14H2,1-8H3/b24-13-. The van der Waals surface area contributed by atoms with Gasteiger partial charge in [-0.05, 0) is 71.9 Å². The first-order chi connectivity index (χ1) is 16.8. The Hall–Kier alpha value is -3.24. The van der Waals surface area contributed by atoms with Crippen LogP contribution in [0.15, 0.2) is 53.4 Å². The molecular weight excluding hydrogens is 482 g/mol. The SMILES string of the molecule is COc1cc(OC)cc(/C(=C/CN(C(=O)OC(C)(C)C)C(C)C)NNS(=O)(=O)c2ccc(C)cc2)c1. The minimum atomic E-state index is -3.88. The van der Waals surface area contributed by atoms with Crippen LogP contribution in [0, 0.1) is 6.92 Å². The molecule has 1 amide bonds. The fourth-order valence-corrected chi connectivity index (χ4v) is 3.97. The second-order valence-corrected chi connectivity index (χ2v) is 11.2. The summed E-state index contributed by atoms with van der Waals surface area (Å²) in [5.74, 6) is 1.04. The third-order valence-electron chi connectivity index (χ3n) is 5.06. The van der Waals surface area contributed by atoms with Crippen molar-refractivity contribution in [2.45, 2.75) is 58.1 Å². The molecule has 10 heteroatoms. The summed E-state index contributed by atoms with van der Waals surface area (Å²) in [6, 6.07) is 11.5. The van der Waals surface area contributed by atoms with Gasteiger partial charge in [-0.2, -0.15) is 0 Å². The van der Waals surface area contributed by atoms with Crippen molar-refractivity contribution >= 4 is 21.8 Å². The van der Waals surface area contributed by atoms with E-state index in [-0.39, 0.29) is 17.5 Å². The number of benzene rings is 2. The number of aryl methyl sites for hydroxylation is 1. The summed E-state index contributed by atoms with van der Waals surface area (Å²) >= 11 is 0. The summed E-state index contributed by atoms with van der Waals surface area (Å²) in [6.07, 6.45) is 1.23. The number of ether oxygens (including phenoxy) is 3. The quantitative estimate of drug-likeness (QED) is 0.446. The second kappa shape index (κ2) is 12.1. The topological polar surface area (TPSA) is 106 Å². The molecule has 198 valence electrons. The molecule has 0 unspecified atom stereocenters. The predicted octanol–water partition coefficient (Wildman–Crippen LogP) is 4.48. The van der Waals surface area contributed by atoms with Crippen LogP contribution in [-0.4, -0.2) is 51.8 Å². The molecule has 0 aliphatic rings. The Bertz CT molecular complexity index is 1150. The van der Waals surface area contributed by atoms with Crippen LogP contribution in [0.4, 0.5) is 4.79 Å². The summed E-state index contributed by atoms with van der Waals surface area (Å²) in [4.78, 5) is 16.9. The smallest absolute Gasteiger partial charge is 0.410 e. The molecule has 2 rings (SSSR count). The number of hydrogen-bond acceptors (Lipinski definition) is 7. The van der Waals surface area contributed by atoms with Crippen LogP contribution in [0.25, 0.3) is 5.70 Å². The average Bonchev–Trinajstić information content (AvgIpc) is 2.79. The van der Waals surface area contributed by atoms with Gasteiger partial charge < -0.3 is 24.5 Å². The van der Waals surface area contributed by atoms with E-state index in [1.54, 1.807) is 62.1 Å². The average molecular weight is 520 g/mol. The second-order valence-electron chi connectivity index (χ2n) is 9.49. The van der Waals surface area contributed by atoms with E-state index < -0.39 is 21.7 Å². The van der Waals surface area contributed by atoms with E-state index in [0.29, 0.717) is 22.8 Å². The number of carbonyl (C=O) groups is 1. The van der Waals surface area contributed by atoms with Gasteiger partial charge in [-0.3, -0.25) is 0 Å². The van der Waals surface area contributed by atoms with Crippen LogP contribution in [0.3, 0.4) is 0 Å². The lowest BCUT2D eigenvalue weighted by atomic mass is 10.1. The summed E-state index contributed by atoms with van der Waals surface area (Å²) in [7, 11) is -0.824. The van der Waals surface area contributed by atoms with Gasteiger partial charge in [0.05, 0.1) is 24.8 Å². The number of amides is 1. The number of hydrazine groups is 1. The first kappa shape index (κ1) is 29.0. The van der Waals surface area contributed by atoms with Crippen molar-refractivity contribution in [1.29, 1.82) is 0 Å². The Labute approximate surface area is 214 Å². The molecule has 2 aromatic carbocycles. The molecule has 2 aromatic rings. The Balaban J connectivity index is 2.43. The van der Waals surface area contributed by atoms with Gasteiger partial charge in [0.1, 0.15) is 17.1 Å². The van der Waals surface area contributed by atoms with E-state index in [1.165, 1.54) is 26.4 Å². The molecular formula is C26H37N3O6S. The zero-order valence-corrected chi connectivity index (χ0v) is 23.0. The third kappa shape index (κ3) is 8.46. The third-order valence-corrected chi connectivity index (χ3v) is 6.32. The van der Waals surface area contributed by atoms with E-state index >= 15 is 0 Å². The zero-order valence-electron chi connectivity index (χ0n) is 22.2. The lowest BCUT2D eigenvalue weighted by Crippen LogP contribution is -2.41. The van der Waals surface area contributed by atoms with Gasteiger partial charge in [0.2, 0.25) is 0 Å². The highest BCUT2D eigenvalue weighted by Crippen LogP contribution is 2.26. The predicted molar refractivity (Wildman–Crippen MR) is 140 cm³/mol. The Morgan fingerprint density at radius 1 is 1.03 bits per heavy atom. The van der Waals surface area contributed by atoms with Crippen LogP contribution >= 0.6 is 0 Å². The number of hydrogen-bond donors (Lipinski definition) is 2. The molecule has 0 aliphatic heterocycles. The van der Waals surface area contributed by atoms with Crippen LogP contribution in [0.5, 0.6) is 11.5 Å². The highest BCUT2D eigenvalue weighted by Gasteiger charge is 2.24. The van der Waals surface area contributed by atoms with Crippen LogP contribution in [0.1, 0.15) is 45.7 Å². The maximum atomic E-state index is 12.9. The molecule has 0 aliphatic carbocycles. The molecule has 2 N–H and O–H groups in total. The van der Waals surface area contributed by atoms with Crippen molar-refractivity contribution in [3.05, 3.63) is 59.7 Å². The lowest BCUT2D eigenvalue weighted by Gasteiger charge is -2.29. The maximum absolute atomic E-state index is 12.9. The number of methoxy groups -OCH3 is 2. The largest absolute Gasteiger partial charge is 0.497 e. The summed E-state index contributed by atoms with van der Waals surface area (Å²) in [6.45, 7) is 11.2. The van der Waals surface area contributed by atoms with E-state index in [4.69, 9.17) is 14.2 Å². The molecule has 0 spiro atoms. The first-order valence-corrected chi connectivity index (χ1v) is 13.0. The van der Waals surface area contributed by atoms with Gasteiger partial charge in [-0.1, -0.05) is 17.7 Å². The van der Waals surface area contributed by atoms with Crippen molar-refractivity contribution in [1.82, 2.24) is 15.2 Å².